The topological polar surface area (TPSA) is 73.2 Å². The van der Waals surface area contributed by atoms with E-state index in [1.54, 1.807) is 6.92 Å². The van der Waals surface area contributed by atoms with Crippen LogP contribution in [0.1, 0.15) is 94.9 Å². The molecule has 44 heavy (non-hydrogen) atoms. The minimum atomic E-state index is -1.05. The van der Waals surface area contributed by atoms with Crippen LogP contribution in [0.3, 0.4) is 0 Å². The van der Waals surface area contributed by atoms with E-state index < -0.39 is 11.7 Å². The van der Waals surface area contributed by atoms with Crippen molar-refractivity contribution in [2.75, 3.05) is 0 Å². The summed E-state index contributed by atoms with van der Waals surface area (Å²) in [5.41, 5.74) is 6.63. The molecule has 1 heterocycles. The van der Waals surface area contributed by atoms with Gasteiger partial charge in [-0.3, -0.25) is 0 Å². The third kappa shape index (κ3) is 8.71. The van der Waals surface area contributed by atoms with Crippen molar-refractivity contribution in [2.24, 2.45) is 10.8 Å². The molecule has 0 amide bonds. The first kappa shape index (κ1) is 35.8. The van der Waals surface area contributed by atoms with Crippen LogP contribution in [0.5, 0.6) is 0 Å². The molecule has 5 atom stereocenters. The maximum atomic E-state index is 10.9. The van der Waals surface area contributed by atoms with Crippen LogP contribution in [0, 0.1) is 10.8 Å². The lowest BCUT2D eigenvalue weighted by Gasteiger charge is -2.43. The number of allylic oxidation sites excluding steroid dienone is 15. The molecule has 4 heteroatoms. The fourth-order valence-corrected chi connectivity index (χ4v) is 7.25. The summed E-state index contributed by atoms with van der Waals surface area (Å²) < 4.78 is 6.24. The van der Waals surface area contributed by atoms with Gasteiger partial charge in [-0.15, -0.1) is 5.73 Å². The fraction of sp³-hybridized carbons (Fsp3) is 0.525. The number of aliphatic hydroxyl groups excluding tert-OH is 2. The van der Waals surface area contributed by atoms with Gasteiger partial charge >= 0.3 is 0 Å². The highest BCUT2D eigenvalue weighted by atomic mass is 16.6. The summed E-state index contributed by atoms with van der Waals surface area (Å²) in [4.78, 5) is 0. The zero-order valence-corrected chi connectivity index (χ0v) is 28.7. The zero-order valence-electron chi connectivity index (χ0n) is 28.7. The van der Waals surface area contributed by atoms with Gasteiger partial charge in [0.2, 0.25) is 0 Å². The number of ether oxygens (including phenoxy) is 1. The predicted molar refractivity (Wildman–Crippen MR) is 184 cm³/mol. The summed E-state index contributed by atoms with van der Waals surface area (Å²) in [6.07, 6.45) is 28.5. The zero-order chi connectivity index (χ0) is 33.0. The summed E-state index contributed by atoms with van der Waals surface area (Å²) >= 11 is 0. The molecule has 4 nitrogen and oxygen atoms in total. The highest BCUT2D eigenvalue weighted by Gasteiger charge is 2.74. The Morgan fingerprint density at radius 3 is 1.73 bits per heavy atom. The lowest BCUT2D eigenvalue weighted by atomic mass is 9.63. The highest BCUT2D eigenvalue weighted by molar-refractivity contribution is 5.37. The molecule has 3 N–H and O–H groups in total. The van der Waals surface area contributed by atoms with Crippen molar-refractivity contribution < 1.29 is 20.1 Å². The minimum absolute atomic E-state index is 0.103. The van der Waals surface area contributed by atoms with Gasteiger partial charge in [0.15, 0.2) is 0 Å². The van der Waals surface area contributed by atoms with Crippen molar-refractivity contribution in [2.45, 2.75) is 124 Å². The van der Waals surface area contributed by atoms with E-state index in [1.807, 2.05) is 37.3 Å². The van der Waals surface area contributed by atoms with E-state index in [2.05, 4.69) is 110 Å². The van der Waals surface area contributed by atoms with Crippen molar-refractivity contribution in [3.05, 3.63) is 113 Å². The molecule has 3 aliphatic rings. The first-order valence-electron chi connectivity index (χ1n) is 16.0. The summed E-state index contributed by atoms with van der Waals surface area (Å²) in [6.45, 7) is 20.6. The van der Waals surface area contributed by atoms with Gasteiger partial charge in [0.25, 0.3) is 0 Å². The second-order valence-electron chi connectivity index (χ2n) is 15.0. The first-order chi connectivity index (χ1) is 20.3. The maximum Gasteiger partial charge on any atom is 0.121 e. The fourth-order valence-electron chi connectivity index (χ4n) is 7.25. The van der Waals surface area contributed by atoms with E-state index in [4.69, 9.17) is 4.74 Å². The van der Waals surface area contributed by atoms with Crippen LogP contribution in [0.2, 0.25) is 0 Å². The van der Waals surface area contributed by atoms with Crippen molar-refractivity contribution in [1.29, 1.82) is 0 Å². The first-order valence-corrected chi connectivity index (χ1v) is 16.0. The van der Waals surface area contributed by atoms with Crippen molar-refractivity contribution in [3.63, 3.8) is 0 Å². The van der Waals surface area contributed by atoms with E-state index in [0.29, 0.717) is 19.3 Å². The molecule has 1 aliphatic heterocycles. The normalized spacial score (nSPS) is 34.7. The van der Waals surface area contributed by atoms with Crippen LogP contribution in [0.25, 0.3) is 0 Å². The maximum absolute atomic E-state index is 10.9. The average molecular weight is 601 g/mol. The molecule has 3 fully saturated rings. The van der Waals surface area contributed by atoms with Gasteiger partial charge in [-0.05, 0) is 77.5 Å². The molecule has 2 saturated carbocycles. The second-order valence-corrected chi connectivity index (χ2v) is 15.0. The third-order valence-electron chi connectivity index (χ3n) is 9.39. The van der Waals surface area contributed by atoms with Crippen molar-refractivity contribution in [3.8, 4) is 0 Å². The SMILES string of the molecule is C\C(C=C=C1C(C)(C)CC(O)CC1(C)O)=C/C=C/C(C)=C/C=C/C=C(C)/C=C/C=C(C)/C=C/C12OC1(C)CC(O)CC2(C)C. The Labute approximate surface area is 267 Å². The third-order valence-corrected chi connectivity index (χ3v) is 9.39. The van der Waals surface area contributed by atoms with Gasteiger partial charge in [-0.1, -0.05) is 111 Å². The van der Waals surface area contributed by atoms with Crippen LogP contribution in [0.15, 0.2) is 113 Å². The van der Waals surface area contributed by atoms with Gasteiger partial charge in [0, 0.05) is 23.8 Å². The summed E-state index contributed by atoms with van der Waals surface area (Å²) in [5.74, 6) is 0. The minimum Gasteiger partial charge on any atom is -0.393 e. The lowest BCUT2D eigenvalue weighted by Crippen LogP contribution is -2.46. The molecular formula is C40H56O4. The van der Waals surface area contributed by atoms with Gasteiger partial charge in [0.1, 0.15) is 11.2 Å². The van der Waals surface area contributed by atoms with Crippen LogP contribution in [-0.2, 0) is 4.74 Å². The quantitative estimate of drug-likeness (QED) is 0.141. The Kier molecular flexibility index (Phi) is 11.2. The monoisotopic (exact) mass is 600 g/mol. The molecular weight excluding hydrogens is 544 g/mol. The molecule has 5 unspecified atom stereocenters. The predicted octanol–water partition coefficient (Wildman–Crippen LogP) is 8.72. The van der Waals surface area contributed by atoms with E-state index in [0.717, 1.165) is 34.3 Å². The van der Waals surface area contributed by atoms with Gasteiger partial charge in [-0.25, -0.2) is 0 Å². The smallest absolute Gasteiger partial charge is 0.121 e. The Morgan fingerprint density at radius 2 is 1.18 bits per heavy atom. The number of fused-ring (bicyclic) bond motifs is 1. The molecule has 0 bridgehead atoms. The number of epoxide rings is 1. The summed E-state index contributed by atoms with van der Waals surface area (Å²) in [7, 11) is 0. The standard InChI is InChI=1S/C40H56O4/c1-29(17-13-19-31(3)21-22-35-36(5,6)25-33(41)27-38(35,9)43)15-11-12-16-30(2)18-14-20-32(4)23-24-40-37(7,8)26-34(42)28-39(40,10)44-40/h11-21,23-24,33-34,41-43H,25-28H2,1-10H3/b12-11+,17-13+,18-14+,24-23+,29-15+,30-16+,31-19+,32-20+. The van der Waals surface area contributed by atoms with E-state index in [-0.39, 0.29) is 28.1 Å². The van der Waals surface area contributed by atoms with E-state index in [1.165, 1.54) is 0 Å². The summed E-state index contributed by atoms with van der Waals surface area (Å²) in [5, 5.41) is 31.2. The van der Waals surface area contributed by atoms with Crippen LogP contribution < -0.4 is 0 Å². The van der Waals surface area contributed by atoms with Crippen LogP contribution >= 0.6 is 0 Å². The number of hydrogen-bond acceptors (Lipinski definition) is 4. The van der Waals surface area contributed by atoms with E-state index in [9.17, 15) is 15.3 Å². The molecule has 0 aromatic carbocycles. The molecule has 0 spiro atoms. The van der Waals surface area contributed by atoms with Gasteiger partial charge < -0.3 is 20.1 Å². The molecule has 2 aliphatic carbocycles. The number of rotatable bonds is 9. The van der Waals surface area contributed by atoms with Gasteiger partial charge in [0.05, 0.1) is 17.8 Å². The van der Waals surface area contributed by atoms with E-state index >= 15 is 0 Å². The van der Waals surface area contributed by atoms with Crippen molar-refractivity contribution >= 4 is 0 Å². The molecule has 1 saturated heterocycles. The molecule has 3 rings (SSSR count). The Morgan fingerprint density at radius 1 is 0.682 bits per heavy atom. The molecule has 0 aromatic rings. The van der Waals surface area contributed by atoms with Crippen molar-refractivity contribution in [1.82, 2.24) is 0 Å². The lowest BCUT2D eigenvalue weighted by molar-refractivity contribution is -0.0268. The van der Waals surface area contributed by atoms with Crippen LogP contribution in [0.4, 0.5) is 0 Å². The molecule has 0 radical (unpaired) electrons. The highest BCUT2D eigenvalue weighted by Crippen LogP contribution is 2.66. The Bertz CT molecular complexity index is 1360. The molecule has 240 valence electrons. The number of hydrogen-bond donors (Lipinski definition) is 3. The number of aliphatic hydroxyl groups is 3. The Balaban J connectivity index is 1.53. The largest absolute Gasteiger partial charge is 0.393 e. The second kappa shape index (κ2) is 13.7. The average Bonchev–Trinajstić information content (AvgIpc) is 3.49. The molecule has 0 aromatic heterocycles. The van der Waals surface area contributed by atoms with Gasteiger partial charge in [-0.2, -0.15) is 0 Å². The summed E-state index contributed by atoms with van der Waals surface area (Å²) in [6, 6.07) is 0. The Hall–Kier alpha value is -2.72. The van der Waals surface area contributed by atoms with Crippen LogP contribution in [-0.4, -0.2) is 44.3 Å².